The molecule has 2 aromatic rings. The van der Waals surface area contributed by atoms with Crippen molar-refractivity contribution in [2.45, 2.75) is 32.7 Å². The Morgan fingerprint density at radius 1 is 1.38 bits per heavy atom. The fourth-order valence-electron chi connectivity index (χ4n) is 2.47. The van der Waals surface area contributed by atoms with E-state index < -0.39 is 0 Å². The number of nitrogens with zero attached hydrogens (tertiary/aromatic N) is 2. The molecule has 3 rings (SSSR count). The van der Waals surface area contributed by atoms with E-state index in [4.69, 9.17) is 0 Å². The van der Waals surface area contributed by atoms with Gasteiger partial charge < -0.3 is 4.57 Å². The van der Waals surface area contributed by atoms with Crippen LogP contribution in [0.15, 0.2) is 41.5 Å². The van der Waals surface area contributed by atoms with Crippen LogP contribution >= 0.6 is 0 Å². The van der Waals surface area contributed by atoms with Crippen molar-refractivity contribution in [2.75, 3.05) is 0 Å². The van der Waals surface area contributed by atoms with Crippen LogP contribution in [0, 0.1) is 24.7 Å². The van der Waals surface area contributed by atoms with Crippen LogP contribution in [0.2, 0.25) is 0 Å². The van der Waals surface area contributed by atoms with Gasteiger partial charge in [-0.15, -0.1) is 0 Å². The zero-order chi connectivity index (χ0) is 14.8. The van der Waals surface area contributed by atoms with Gasteiger partial charge in [-0.1, -0.05) is 17.9 Å². The molecule has 1 saturated carbocycles. The molecule has 0 unspecified atom stereocenters. The number of aromatic nitrogens is 2. The maximum atomic E-state index is 12.4. The minimum absolute atomic E-state index is 0.00792. The summed E-state index contributed by atoms with van der Waals surface area (Å²) in [6, 6.07) is 7.47. The maximum absolute atomic E-state index is 12.4. The molecule has 2 heterocycles. The van der Waals surface area contributed by atoms with Gasteiger partial charge in [0.2, 0.25) is 0 Å². The van der Waals surface area contributed by atoms with Gasteiger partial charge in [-0.2, -0.15) is 0 Å². The molecular formula is C18H18N2O. The van der Waals surface area contributed by atoms with Crippen molar-refractivity contribution in [3.8, 4) is 11.8 Å². The Labute approximate surface area is 124 Å². The lowest BCUT2D eigenvalue weighted by molar-refractivity contribution is 0.594. The summed E-state index contributed by atoms with van der Waals surface area (Å²) in [5.41, 5.74) is 2.77. The van der Waals surface area contributed by atoms with E-state index in [1.807, 2.05) is 32.0 Å². The maximum Gasteiger partial charge on any atom is 0.252 e. The predicted octanol–water partition coefficient (Wildman–Crippen LogP) is 2.92. The quantitative estimate of drug-likeness (QED) is 0.792. The number of hydrogen-bond donors (Lipinski definition) is 0. The van der Waals surface area contributed by atoms with Crippen LogP contribution in [-0.2, 0) is 0 Å². The van der Waals surface area contributed by atoms with Gasteiger partial charge in [-0.3, -0.25) is 9.78 Å². The first-order valence-electron chi connectivity index (χ1n) is 7.30. The molecular weight excluding hydrogens is 260 g/mol. The first-order valence-corrected chi connectivity index (χ1v) is 7.30. The molecule has 0 bridgehead atoms. The van der Waals surface area contributed by atoms with Gasteiger partial charge in [-0.05, 0) is 44.4 Å². The minimum Gasteiger partial charge on any atom is -0.306 e. The Hall–Kier alpha value is -2.34. The molecule has 0 aromatic carbocycles. The number of rotatable bonds is 2. The van der Waals surface area contributed by atoms with Crippen molar-refractivity contribution in [1.82, 2.24) is 9.55 Å². The van der Waals surface area contributed by atoms with Crippen LogP contribution in [0.25, 0.3) is 0 Å². The van der Waals surface area contributed by atoms with E-state index >= 15 is 0 Å². The summed E-state index contributed by atoms with van der Waals surface area (Å²) < 4.78 is 1.79. The second-order valence-electron chi connectivity index (χ2n) is 5.60. The van der Waals surface area contributed by atoms with Crippen molar-refractivity contribution < 1.29 is 0 Å². The monoisotopic (exact) mass is 278 g/mol. The van der Waals surface area contributed by atoms with E-state index in [1.165, 1.54) is 12.8 Å². The molecule has 0 amide bonds. The van der Waals surface area contributed by atoms with Crippen LogP contribution in [0.3, 0.4) is 0 Å². The van der Waals surface area contributed by atoms with Crippen molar-refractivity contribution in [3.05, 3.63) is 63.8 Å². The van der Waals surface area contributed by atoms with Crippen LogP contribution in [0.5, 0.6) is 0 Å². The van der Waals surface area contributed by atoms with Gasteiger partial charge in [0.25, 0.3) is 5.56 Å². The molecule has 2 aromatic heterocycles. The zero-order valence-corrected chi connectivity index (χ0v) is 12.3. The third-order valence-electron chi connectivity index (χ3n) is 3.81. The lowest BCUT2D eigenvalue weighted by Gasteiger charge is -2.18. The second-order valence-corrected chi connectivity index (χ2v) is 5.60. The summed E-state index contributed by atoms with van der Waals surface area (Å²) in [7, 11) is 0. The van der Waals surface area contributed by atoms with Gasteiger partial charge in [-0.25, -0.2) is 0 Å². The average molecular weight is 278 g/mol. The molecule has 3 heteroatoms. The van der Waals surface area contributed by atoms with Gasteiger partial charge in [0, 0.05) is 35.6 Å². The molecule has 0 saturated heterocycles. The number of aryl methyl sites for hydroxylation is 1. The fraction of sp³-hybridized carbons (Fsp3) is 0.333. The van der Waals surface area contributed by atoms with E-state index in [-0.39, 0.29) is 11.6 Å². The van der Waals surface area contributed by atoms with Gasteiger partial charge in [0.05, 0.1) is 6.04 Å². The molecule has 3 nitrogen and oxygen atoms in total. The largest absolute Gasteiger partial charge is 0.306 e. The molecule has 1 fully saturated rings. The summed E-state index contributed by atoms with van der Waals surface area (Å²) in [5, 5.41) is 0. The molecule has 1 aliphatic carbocycles. The predicted molar refractivity (Wildman–Crippen MR) is 83.1 cm³/mol. The Balaban J connectivity index is 1.96. The Morgan fingerprint density at radius 3 is 2.81 bits per heavy atom. The van der Waals surface area contributed by atoms with Crippen molar-refractivity contribution in [3.63, 3.8) is 0 Å². The molecule has 21 heavy (non-hydrogen) atoms. The third kappa shape index (κ3) is 3.05. The first kappa shape index (κ1) is 13.6. The van der Waals surface area contributed by atoms with E-state index in [0.717, 1.165) is 16.8 Å². The molecule has 0 N–H and O–H groups in total. The summed E-state index contributed by atoms with van der Waals surface area (Å²) in [6.07, 6.45) is 5.93. The SMILES string of the molecule is Cc1cc(C#CC2CC2)cc(=O)n1[C@H](C)c1cccnc1. The Morgan fingerprint density at radius 2 is 2.19 bits per heavy atom. The van der Waals surface area contributed by atoms with Gasteiger partial charge >= 0.3 is 0 Å². The third-order valence-corrected chi connectivity index (χ3v) is 3.81. The lowest BCUT2D eigenvalue weighted by Crippen LogP contribution is -2.25. The van der Waals surface area contributed by atoms with Crippen LogP contribution in [0.4, 0.5) is 0 Å². The van der Waals surface area contributed by atoms with Crippen LogP contribution in [0.1, 0.15) is 42.6 Å². The molecule has 0 aliphatic heterocycles. The lowest BCUT2D eigenvalue weighted by atomic mass is 10.1. The van der Waals surface area contributed by atoms with E-state index in [0.29, 0.717) is 5.92 Å². The van der Waals surface area contributed by atoms with E-state index in [2.05, 4.69) is 16.8 Å². The Kier molecular flexibility index (Phi) is 3.62. The Bertz CT molecular complexity index is 761. The van der Waals surface area contributed by atoms with Crippen LogP contribution < -0.4 is 5.56 Å². The highest BCUT2D eigenvalue weighted by molar-refractivity contribution is 5.36. The number of hydrogen-bond acceptors (Lipinski definition) is 2. The highest BCUT2D eigenvalue weighted by Crippen LogP contribution is 2.27. The molecule has 0 spiro atoms. The zero-order valence-electron chi connectivity index (χ0n) is 12.3. The average Bonchev–Trinajstić information content (AvgIpc) is 3.29. The summed E-state index contributed by atoms with van der Waals surface area (Å²) in [5.74, 6) is 6.86. The summed E-state index contributed by atoms with van der Waals surface area (Å²) in [4.78, 5) is 16.5. The normalized spacial score (nSPS) is 15.1. The van der Waals surface area contributed by atoms with Crippen molar-refractivity contribution >= 4 is 0 Å². The summed E-state index contributed by atoms with van der Waals surface area (Å²) in [6.45, 7) is 3.97. The highest BCUT2D eigenvalue weighted by atomic mass is 16.1. The topological polar surface area (TPSA) is 34.9 Å². The number of pyridine rings is 2. The molecule has 0 radical (unpaired) electrons. The standard InChI is InChI=1S/C18H18N2O/c1-13-10-16(8-7-15-5-6-15)11-18(21)20(13)14(2)17-4-3-9-19-12-17/h3-4,9-12,14-15H,5-6H2,1-2H3/t14-/m1/s1. The van der Waals surface area contributed by atoms with Gasteiger partial charge in [0.1, 0.15) is 0 Å². The molecule has 106 valence electrons. The first-order chi connectivity index (χ1) is 10.1. The fourth-order valence-corrected chi connectivity index (χ4v) is 2.47. The van der Waals surface area contributed by atoms with E-state index in [1.54, 1.807) is 23.0 Å². The highest BCUT2D eigenvalue weighted by Gasteiger charge is 2.18. The minimum atomic E-state index is -0.0309. The van der Waals surface area contributed by atoms with Crippen LogP contribution in [-0.4, -0.2) is 9.55 Å². The van der Waals surface area contributed by atoms with Gasteiger partial charge in [0.15, 0.2) is 0 Å². The van der Waals surface area contributed by atoms with E-state index in [9.17, 15) is 4.79 Å². The second kappa shape index (κ2) is 5.57. The molecule has 1 atom stereocenters. The van der Waals surface area contributed by atoms with Crippen molar-refractivity contribution in [1.29, 1.82) is 0 Å². The smallest absolute Gasteiger partial charge is 0.252 e. The molecule has 1 aliphatic rings. The van der Waals surface area contributed by atoms with Crippen molar-refractivity contribution in [2.24, 2.45) is 5.92 Å². The summed E-state index contributed by atoms with van der Waals surface area (Å²) >= 11 is 0.